The van der Waals surface area contributed by atoms with Gasteiger partial charge >= 0.3 is 0 Å². The van der Waals surface area contributed by atoms with E-state index in [2.05, 4.69) is 24.5 Å². The second-order valence-corrected chi connectivity index (χ2v) is 6.16. The Bertz CT molecular complexity index is 259. The zero-order valence-corrected chi connectivity index (χ0v) is 13.1. The third-order valence-electron chi connectivity index (χ3n) is 4.67. The average molecular weight is 268 g/mol. The molecule has 19 heavy (non-hydrogen) atoms. The number of hydrogen-bond donors (Lipinski definition) is 2. The van der Waals surface area contributed by atoms with Gasteiger partial charge in [-0.2, -0.15) is 0 Å². The van der Waals surface area contributed by atoms with Crippen molar-refractivity contribution in [3.8, 4) is 0 Å². The topological polar surface area (TPSA) is 41.1 Å². The number of unbranched alkanes of at least 4 members (excludes halogenated alkanes) is 2. The van der Waals surface area contributed by atoms with Crippen molar-refractivity contribution in [1.29, 1.82) is 0 Å². The van der Waals surface area contributed by atoms with Crippen molar-refractivity contribution in [1.82, 2.24) is 10.6 Å². The lowest BCUT2D eigenvalue weighted by molar-refractivity contribution is -0.122. The van der Waals surface area contributed by atoms with Crippen LogP contribution in [0.25, 0.3) is 0 Å². The van der Waals surface area contributed by atoms with Gasteiger partial charge in [0, 0.05) is 13.1 Å². The van der Waals surface area contributed by atoms with Crippen molar-refractivity contribution < 1.29 is 4.79 Å². The molecule has 2 N–H and O–H groups in total. The standard InChI is InChI=1S/C16H32N2O/c1-4-6-9-12-17-15(19)14(3)18-13-16(5-2)10-7-8-11-16/h14,18H,4-13H2,1-3H3,(H,17,19). The van der Waals surface area contributed by atoms with Gasteiger partial charge in [-0.25, -0.2) is 0 Å². The van der Waals surface area contributed by atoms with Crippen LogP contribution in [0.3, 0.4) is 0 Å². The molecular weight excluding hydrogens is 236 g/mol. The number of nitrogens with one attached hydrogen (secondary N) is 2. The minimum atomic E-state index is -0.0642. The van der Waals surface area contributed by atoms with E-state index in [4.69, 9.17) is 0 Å². The molecule has 0 heterocycles. The van der Waals surface area contributed by atoms with Gasteiger partial charge in [0.2, 0.25) is 5.91 Å². The molecule has 1 aliphatic rings. The summed E-state index contributed by atoms with van der Waals surface area (Å²) in [6.07, 6.45) is 10.1. The highest BCUT2D eigenvalue weighted by molar-refractivity contribution is 5.81. The lowest BCUT2D eigenvalue weighted by Gasteiger charge is -2.29. The zero-order chi connectivity index (χ0) is 14.1. The van der Waals surface area contributed by atoms with E-state index in [9.17, 15) is 4.79 Å². The van der Waals surface area contributed by atoms with Crippen LogP contribution in [0.4, 0.5) is 0 Å². The lowest BCUT2D eigenvalue weighted by atomic mass is 9.83. The molecule has 0 saturated heterocycles. The summed E-state index contributed by atoms with van der Waals surface area (Å²) in [5.74, 6) is 0.153. The SMILES string of the molecule is CCCCCNC(=O)C(C)NCC1(CC)CCCC1. The fourth-order valence-electron chi connectivity index (χ4n) is 2.98. The van der Waals surface area contributed by atoms with E-state index < -0.39 is 0 Å². The van der Waals surface area contributed by atoms with Gasteiger partial charge in [-0.05, 0) is 38.0 Å². The van der Waals surface area contributed by atoms with Gasteiger partial charge in [0.15, 0.2) is 0 Å². The normalized spacial score (nSPS) is 19.3. The molecule has 1 fully saturated rings. The number of hydrogen-bond acceptors (Lipinski definition) is 2. The third-order valence-corrected chi connectivity index (χ3v) is 4.67. The second kappa shape index (κ2) is 8.57. The molecule has 0 radical (unpaired) electrons. The first-order chi connectivity index (χ1) is 9.13. The van der Waals surface area contributed by atoms with E-state index in [1.165, 1.54) is 44.9 Å². The van der Waals surface area contributed by atoms with E-state index in [0.717, 1.165) is 19.5 Å². The summed E-state index contributed by atoms with van der Waals surface area (Å²) in [5.41, 5.74) is 0.455. The first-order valence-corrected chi connectivity index (χ1v) is 8.14. The molecule has 112 valence electrons. The fourth-order valence-corrected chi connectivity index (χ4v) is 2.98. The van der Waals surface area contributed by atoms with E-state index in [-0.39, 0.29) is 11.9 Å². The summed E-state index contributed by atoms with van der Waals surface area (Å²) in [7, 11) is 0. The van der Waals surface area contributed by atoms with Crippen molar-refractivity contribution in [3.63, 3.8) is 0 Å². The average Bonchev–Trinajstić information content (AvgIpc) is 2.90. The minimum Gasteiger partial charge on any atom is -0.355 e. The van der Waals surface area contributed by atoms with Crippen molar-refractivity contribution in [2.45, 2.75) is 78.2 Å². The smallest absolute Gasteiger partial charge is 0.236 e. The molecule has 1 atom stereocenters. The second-order valence-electron chi connectivity index (χ2n) is 6.16. The summed E-state index contributed by atoms with van der Waals surface area (Å²) in [4.78, 5) is 11.9. The van der Waals surface area contributed by atoms with Crippen LogP contribution < -0.4 is 10.6 Å². The summed E-state index contributed by atoms with van der Waals surface area (Å²) in [5, 5.41) is 6.47. The van der Waals surface area contributed by atoms with E-state index in [1.807, 2.05) is 6.92 Å². The Morgan fingerprint density at radius 2 is 1.89 bits per heavy atom. The van der Waals surface area contributed by atoms with Gasteiger partial charge in [0.1, 0.15) is 0 Å². The molecule has 0 aliphatic heterocycles. The van der Waals surface area contributed by atoms with Gasteiger partial charge in [-0.15, -0.1) is 0 Å². The highest BCUT2D eigenvalue weighted by atomic mass is 16.2. The maximum Gasteiger partial charge on any atom is 0.236 e. The van der Waals surface area contributed by atoms with Crippen molar-refractivity contribution in [3.05, 3.63) is 0 Å². The summed E-state index contributed by atoms with van der Waals surface area (Å²) in [6, 6.07) is -0.0642. The van der Waals surface area contributed by atoms with Crippen LogP contribution in [0.15, 0.2) is 0 Å². The predicted molar refractivity (Wildman–Crippen MR) is 81.2 cm³/mol. The molecule has 1 unspecified atom stereocenters. The maximum atomic E-state index is 11.9. The van der Waals surface area contributed by atoms with Crippen molar-refractivity contribution in [2.75, 3.05) is 13.1 Å². The monoisotopic (exact) mass is 268 g/mol. The molecular formula is C16H32N2O. The molecule has 0 aromatic rings. The lowest BCUT2D eigenvalue weighted by Crippen LogP contribution is -2.46. The van der Waals surface area contributed by atoms with E-state index >= 15 is 0 Å². The van der Waals surface area contributed by atoms with Crippen molar-refractivity contribution >= 4 is 5.91 Å². The molecule has 0 aromatic heterocycles. The Labute approximate surface area is 118 Å². The quantitative estimate of drug-likeness (QED) is 0.630. The largest absolute Gasteiger partial charge is 0.355 e. The van der Waals surface area contributed by atoms with Gasteiger partial charge < -0.3 is 10.6 Å². The third kappa shape index (κ3) is 5.52. The molecule has 1 aliphatic carbocycles. The Morgan fingerprint density at radius 3 is 2.47 bits per heavy atom. The number of amides is 1. The van der Waals surface area contributed by atoms with Gasteiger partial charge in [-0.1, -0.05) is 39.5 Å². The number of rotatable bonds is 9. The van der Waals surface area contributed by atoms with Gasteiger partial charge in [-0.3, -0.25) is 4.79 Å². The zero-order valence-electron chi connectivity index (χ0n) is 13.1. The molecule has 1 saturated carbocycles. The van der Waals surface area contributed by atoms with Crippen LogP contribution >= 0.6 is 0 Å². The van der Waals surface area contributed by atoms with E-state index in [1.54, 1.807) is 0 Å². The van der Waals surface area contributed by atoms with Crippen LogP contribution in [-0.4, -0.2) is 25.0 Å². The van der Waals surface area contributed by atoms with Crippen LogP contribution in [-0.2, 0) is 4.79 Å². The Hall–Kier alpha value is -0.570. The first-order valence-electron chi connectivity index (χ1n) is 8.14. The first kappa shape index (κ1) is 16.5. The summed E-state index contributed by atoms with van der Waals surface area (Å²) in [6.45, 7) is 8.25. The number of carbonyl (C=O) groups excluding carboxylic acids is 1. The highest BCUT2D eigenvalue weighted by Crippen LogP contribution is 2.40. The van der Waals surface area contributed by atoms with Crippen LogP contribution in [0.2, 0.25) is 0 Å². The predicted octanol–water partition coefficient (Wildman–Crippen LogP) is 3.24. The molecule has 1 amide bonds. The number of carbonyl (C=O) groups is 1. The molecule has 3 nitrogen and oxygen atoms in total. The maximum absolute atomic E-state index is 11.9. The Kier molecular flexibility index (Phi) is 7.44. The molecule has 0 bridgehead atoms. The summed E-state index contributed by atoms with van der Waals surface area (Å²) < 4.78 is 0. The van der Waals surface area contributed by atoms with Crippen LogP contribution in [0.1, 0.15) is 72.1 Å². The Morgan fingerprint density at radius 1 is 1.21 bits per heavy atom. The van der Waals surface area contributed by atoms with E-state index in [0.29, 0.717) is 5.41 Å². The molecule has 0 aromatic carbocycles. The minimum absolute atomic E-state index is 0.0642. The fraction of sp³-hybridized carbons (Fsp3) is 0.938. The van der Waals surface area contributed by atoms with Crippen LogP contribution in [0, 0.1) is 5.41 Å². The van der Waals surface area contributed by atoms with Crippen LogP contribution in [0.5, 0.6) is 0 Å². The highest BCUT2D eigenvalue weighted by Gasteiger charge is 2.32. The molecule has 1 rings (SSSR count). The van der Waals surface area contributed by atoms with Crippen molar-refractivity contribution in [2.24, 2.45) is 5.41 Å². The Balaban J connectivity index is 2.22. The molecule has 0 spiro atoms. The van der Waals surface area contributed by atoms with Gasteiger partial charge in [0.05, 0.1) is 6.04 Å². The summed E-state index contributed by atoms with van der Waals surface area (Å²) >= 11 is 0. The molecule has 3 heteroatoms. The van der Waals surface area contributed by atoms with Gasteiger partial charge in [0.25, 0.3) is 0 Å².